The molecule has 0 aromatic carbocycles. The van der Waals surface area contributed by atoms with Crippen molar-refractivity contribution in [1.82, 2.24) is 15.5 Å². The molecule has 1 fully saturated rings. The van der Waals surface area contributed by atoms with Crippen LogP contribution in [0.15, 0.2) is 4.99 Å². The number of aliphatic imine (C=N–C) groups is 1. The highest BCUT2D eigenvalue weighted by Gasteiger charge is 2.38. The molecule has 3 amide bonds. The first-order chi connectivity index (χ1) is 15.6. The van der Waals surface area contributed by atoms with Gasteiger partial charge in [0.15, 0.2) is 5.96 Å². The summed E-state index contributed by atoms with van der Waals surface area (Å²) in [4.78, 5) is 54.9. The first kappa shape index (κ1) is 28.8. The smallest absolute Gasteiger partial charge is 0.326 e. The average Bonchev–Trinajstić information content (AvgIpc) is 3.26. The number of carboxylic acid groups (broad SMARTS) is 1. The van der Waals surface area contributed by atoms with E-state index in [1.54, 1.807) is 0 Å². The molecular weight excluding hydrogens is 470 g/mol. The first-order valence-corrected chi connectivity index (χ1v) is 12.7. The number of guanidine groups is 1. The Bertz CT molecular complexity index is 721. The van der Waals surface area contributed by atoms with E-state index in [0.717, 1.165) is 0 Å². The van der Waals surface area contributed by atoms with Gasteiger partial charge in [0.2, 0.25) is 17.7 Å². The molecule has 14 heteroatoms. The number of amides is 3. The van der Waals surface area contributed by atoms with E-state index >= 15 is 0 Å². The fraction of sp³-hybridized carbons (Fsp3) is 0.737. The fourth-order valence-corrected chi connectivity index (χ4v) is 4.10. The Kier molecular flexibility index (Phi) is 13.0. The number of likely N-dealkylation sites (tertiary alicyclic amines) is 1. The lowest BCUT2D eigenvalue weighted by atomic mass is 10.1. The summed E-state index contributed by atoms with van der Waals surface area (Å²) >= 11 is 5.65. The van der Waals surface area contributed by atoms with Gasteiger partial charge in [-0.1, -0.05) is 0 Å². The second-order valence-corrected chi connectivity index (χ2v) is 9.02. The molecule has 1 saturated heterocycles. The van der Waals surface area contributed by atoms with E-state index in [1.807, 2.05) is 6.26 Å². The predicted molar refractivity (Wildman–Crippen MR) is 131 cm³/mol. The molecule has 0 aromatic heterocycles. The van der Waals surface area contributed by atoms with Gasteiger partial charge in [-0.25, -0.2) is 4.79 Å². The Hall–Kier alpha value is -2.19. The van der Waals surface area contributed by atoms with Crippen LogP contribution in [0.1, 0.15) is 32.1 Å². The average molecular weight is 506 g/mol. The molecule has 12 nitrogen and oxygen atoms in total. The number of thiol groups is 1. The molecule has 1 aliphatic heterocycles. The van der Waals surface area contributed by atoms with Gasteiger partial charge in [0.05, 0.1) is 6.04 Å². The zero-order chi connectivity index (χ0) is 25.0. The number of rotatable bonds is 14. The van der Waals surface area contributed by atoms with Crippen LogP contribution in [0.4, 0.5) is 0 Å². The molecule has 0 spiro atoms. The zero-order valence-corrected chi connectivity index (χ0v) is 20.4. The van der Waals surface area contributed by atoms with Crippen LogP contribution in [-0.4, -0.2) is 94.7 Å². The maximum Gasteiger partial charge on any atom is 0.326 e. The lowest BCUT2D eigenvalue weighted by Crippen LogP contribution is -2.57. The maximum absolute atomic E-state index is 13.1. The number of hydrogen-bond donors (Lipinski definition) is 7. The summed E-state index contributed by atoms with van der Waals surface area (Å²) in [6.45, 7) is 0.654. The standard InChI is InChI=1S/C19H35N7O5S2/c1-33-9-6-12(18(30)31)24-16(28)14-5-3-8-26(14)17(29)13(10-32)25-15(27)11(20)4-2-7-23-19(21)22/h11-14,32H,2-10,20H2,1H3,(H,24,28)(H,25,27)(H,30,31)(H4,21,22,23). The van der Waals surface area contributed by atoms with Crippen LogP contribution in [0.5, 0.6) is 0 Å². The second kappa shape index (κ2) is 14.9. The molecular formula is C19H35N7O5S2. The molecule has 188 valence electrons. The van der Waals surface area contributed by atoms with Gasteiger partial charge in [-0.2, -0.15) is 24.4 Å². The van der Waals surface area contributed by atoms with E-state index in [4.69, 9.17) is 17.2 Å². The molecule has 4 unspecified atom stereocenters. The zero-order valence-electron chi connectivity index (χ0n) is 18.7. The van der Waals surface area contributed by atoms with Crippen LogP contribution in [-0.2, 0) is 19.2 Å². The van der Waals surface area contributed by atoms with Crippen LogP contribution < -0.4 is 27.8 Å². The van der Waals surface area contributed by atoms with Gasteiger partial charge in [0.25, 0.3) is 0 Å². The Morgan fingerprint density at radius 2 is 1.91 bits per heavy atom. The molecule has 33 heavy (non-hydrogen) atoms. The Balaban J connectivity index is 2.72. The summed E-state index contributed by atoms with van der Waals surface area (Å²) in [7, 11) is 0. The molecule has 0 aliphatic carbocycles. The monoisotopic (exact) mass is 505 g/mol. The number of nitrogens with two attached hydrogens (primary N) is 3. The van der Waals surface area contributed by atoms with Crippen LogP contribution in [0.25, 0.3) is 0 Å². The highest BCUT2D eigenvalue weighted by atomic mass is 32.2. The Morgan fingerprint density at radius 3 is 2.48 bits per heavy atom. The van der Waals surface area contributed by atoms with E-state index in [0.29, 0.717) is 44.5 Å². The minimum absolute atomic E-state index is 0.0155. The fourth-order valence-electron chi connectivity index (χ4n) is 3.38. The van der Waals surface area contributed by atoms with Crippen molar-refractivity contribution >= 4 is 54.0 Å². The van der Waals surface area contributed by atoms with E-state index in [2.05, 4.69) is 28.3 Å². The molecule has 1 aliphatic rings. The van der Waals surface area contributed by atoms with Crippen molar-refractivity contribution in [2.75, 3.05) is 30.9 Å². The summed E-state index contributed by atoms with van der Waals surface area (Å²) in [5, 5.41) is 14.5. The molecule has 0 aromatic rings. The topological polar surface area (TPSA) is 206 Å². The summed E-state index contributed by atoms with van der Waals surface area (Å²) in [5.74, 6) is -2.07. The van der Waals surface area contributed by atoms with Crippen molar-refractivity contribution in [3.8, 4) is 0 Å². The Morgan fingerprint density at radius 1 is 1.21 bits per heavy atom. The molecule has 9 N–H and O–H groups in total. The number of hydrogen-bond acceptors (Lipinski definition) is 8. The normalized spacial score (nSPS) is 18.2. The summed E-state index contributed by atoms with van der Waals surface area (Å²) in [5.41, 5.74) is 16.4. The Labute approximate surface area is 203 Å². The van der Waals surface area contributed by atoms with Crippen molar-refractivity contribution < 1.29 is 24.3 Å². The first-order valence-electron chi connectivity index (χ1n) is 10.7. The molecule has 4 atom stereocenters. The van der Waals surface area contributed by atoms with Crippen molar-refractivity contribution in [3.05, 3.63) is 0 Å². The van der Waals surface area contributed by atoms with Gasteiger partial charge in [0.1, 0.15) is 18.1 Å². The number of nitrogens with one attached hydrogen (secondary N) is 2. The summed E-state index contributed by atoms with van der Waals surface area (Å²) in [6, 6.07) is -3.66. The van der Waals surface area contributed by atoms with Gasteiger partial charge in [-0.15, -0.1) is 0 Å². The third-order valence-electron chi connectivity index (χ3n) is 5.17. The van der Waals surface area contributed by atoms with Gasteiger partial charge in [-0.05, 0) is 44.1 Å². The van der Waals surface area contributed by atoms with E-state index in [1.165, 1.54) is 16.7 Å². The minimum atomic E-state index is -1.12. The van der Waals surface area contributed by atoms with Crippen LogP contribution in [0.2, 0.25) is 0 Å². The van der Waals surface area contributed by atoms with Gasteiger partial charge in [0, 0.05) is 18.8 Å². The molecule has 0 radical (unpaired) electrons. The molecule has 1 rings (SSSR count). The quantitative estimate of drug-likeness (QED) is 0.0608. The predicted octanol–water partition coefficient (Wildman–Crippen LogP) is -1.90. The maximum atomic E-state index is 13.1. The minimum Gasteiger partial charge on any atom is -0.480 e. The third kappa shape index (κ3) is 9.68. The van der Waals surface area contributed by atoms with Gasteiger partial charge in [-0.3, -0.25) is 19.4 Å². The SMILES string of the molecule is CSCCC(NC(=O)C1CCCN1C(=O)C(CS)NC(=O)C(N)CCCN=C(N)N)C(=O)O. The lowest BCUT2D eigenvalue weighted by Gasteiger charge is -2.29. The summed E-state index contributed by atoms with van der Waals surface area (Å²) in [6.07, 6.45) is 3.92. The van der Waals surface area contributed by atoms with Crippen LogP contribution in [0, 0.1) is 0 Å². The van der Waals surface area contributed by atoms with E-state index < -0.39 is 47.9 Å². The molecule has 0 bridgehead atoms. The lowest BCUT2D eigenvalue weighted by molar-refractivity contribution is -0.144. The van der Waals surface area contributed by atoms with Gasteiger partial charge < -0.3 is 37.8 Å². The highest BCUT2D eigenvalue weighted by molar-refractivity contribution is 7.98. The largest absolute Gasteiger partial charge is 0.480 e. The number of carbonyl (C=O) groups excluding carboxylic acids is 3. The third-order valence-corrected chi connectivity index (χ3v) is 6.17. The van der Waals surface area contributed by atoms with Crippen LogP contribution in [0.3, 0.4) is 0 Å². The molecule has 1 heterocycles. The number of carboxylic acids is 1. The number of carbonyl (C=O) groups is 4. The van der Waals surface area contributed by atoms with Crippen molar-refractivity contribution in [3.63, 3.8) is 0 Å². The second-order valence-electron chi connectivity index (χ2n) is 7.67. The van der Waals surface area contributed by atoms with E-state index in [9.17, 15) is 24.3 Å². The van der Waals surface area contributed by atoms with Crippen molar-refractivity contribution in [1.29, 1.82) is 0 Å². The number of thioether (sulfide) groups is 1. The summed E-state index contributed by atoms with van der Waals surface area (Å²) < 4.78 is 0. The van der Waals surface area contributed by atoms with E-state index in [-0.39, 0.29) is 18.1 Å². The van der Waals surface area contributed by atoms with Crippen molar-refractivity contribution in [2.45, 2.75) is 56.3 Å². The molecule has 0 saturated carbocycles. The number of nitrogens with zero attached hydrogens (tertiary/aromatic N) is 2. The van der Waals surface area contributed by atoms with Crippen molar-refractivity contribution in [2.24, 2.45) is 22.2 Å². The van der Waals surface area contributed by atoms with Crippen LogP contribution >= 0.6 is 24.4 Å². The highest BCUT2D eigenvalue weighted by Crippen LogP contribution is 2.19. The number of aliphatic carboxylic acids is 1. The van der Waals surface area contributed by atoms with Gasteiger partial charge >= 0.3 is 5.97 Å².